The van der Waals surface area contributed by atoms with Gasteiger partial charge >= 0.3 is 0 Å². The summed E-state index contributed by atoms with van der Waals surface area (Å²) < 4.78 is 26.2. The minimum atomic E-state index is -2.89. The first kappa shape index (κ1) is 14.1. The molecule has 2 aliphatic rings. The van der Waals surface area contributed by atoms with Crippen molar-refractivity contribution in [2.45, 2.75) is 51.6 Å². The number of fused-ring (bicyclic) bond motifs is 1. The predicted octanol–water partition coefficient (Wildman–Crippen LogP) is 1.40. The highest BCUT2D eigenvalue weighted by molar-refractivity contribution is 7.91. The molecule has 0 amide bonds. The Labute approximate surface area is 120 Å². The maximum atomic E-state index is 12.0. The Morgan fingerprint density at radius 3 is 2.90 bits per heavy atom. The monoisotopic (exact) mass is 297 g/mol. The highest BCUT2D eigenvalue weighted by atomic mass is 32.2. The number of hydrogen-bond acceptors (Lipinski definition) is 4. The molecule has 1 atom stereocenters. The van der Waals surface area contributed by atoms with Crippen molar-refractivity contribution in [3.05, 3.63) is 17.2 Å². The Balaban J connectivity index is 2.04. The molecular weight excluding hydrogens is 274 g/mol. The highest BCUT2D eigenvalue weighted by Gasteiger charge is 2.31. The van der Waals surface area contributed by atoms with E-state index in [4.69, 9.17) is 4.98 Å². The molecule has 0 spiro atoms. The summed E-state index contributed by atoms with van der Waals surface area (Å²) in [4.78, 5) is 4.78. The van der Waals surface area contributed by atoms with Crippen LogP contribution in [0.25, 0.3) is 0 Å². The van der Waals surface area contributed by atoms with Gasteiger partial charge in [-0.1, -0.05) is 13.8 Å². The van der Waals surface area contributed by atoms with Gasteiger partial charge in [0.25, 0.3) is 0 Å². The standard InChI is InChI=1S/C14H23N3O2S/c1-10(2)14-16-12-8-15-6-5-13(12)17(14)11-4-3-7-20(18,19)9-11/h10-11,15H,3-9H2,1-2H3. The van der Waals surface area contributed by atoms with Crippen LogP contribution in [0.1, 0.15) is 55.9 Å². The van der Waals surface area contributed by atoms with E-state index in [1.807, 2.05) is 0 Å². The zero-order valence-electron chi connectivity index (χ0n) is 12.2. The summed E-state index contributed by atoms with van der Waals surface area (Å²) in [6.07, 6.45) is 2.68. The lowest BCUT2D eigenvalue weighted by molar-refractivity contribution is 0.435. The Hall–Kier alpha value is -0.880. The third-order valence-electron chi connectivity index (χ3n) is 4.27. The zero-order chi connectivity index (χ0) is 14.3. The molecule has 1 unspecified atom stereocenters. The number of nitrogens with zero attached hydrogens (tertiary/aromatic N) is 2. The van der Waals surface area contributed by atoms with Crippen LogP contribution in [0.4, 0.5) is 0 Å². The van der Waals surface area contributed by atoms with E-state index in [1.165, 1.54) is 5.69 Å². The summed E-state index contributed by atoms with van der Waals surface area (Å²) in [6, 6.07) is 0.0838. The average Bonchev–Trinajstić information content (AvgIpc) is 2.77. The van der Waals surface area contributed by atoms with Crippen LogP contribution in [0.15, 0.2) is 0 Å². The summed E-state index contributed by atoms with van der Waals surface area (Å²) in [6.45, 7) is 6.03. The van der Waals surface area contributed by atoms with Gasteiger partial charge in [0.2, 0.25) is 0 Å². The third kappa shape index (κ3) is 2.51. The highest BCUT2D eigenvalue weighted by Crippen LogP contribution is 2.31. The van der Waals surface area contributed by atoms with Crippen LogP contribution in [0, 0.1) is 0 Å². The minimum absolute atomic E-state index is 0.0838. The Morgan fingerprint density at radius 2 is 2.20 bits per heavy atom. The normalized spacial score (nSPS) is 25.6. The second-order valence-electron chi connectivity index (χ2n) is 6.23. The van der Waals surface area contributed by atoms with E-state index in [9.17, 15) is 8.42 Å². The molecule has 6 heteroatoms. The molecular formula is C14H23N3O2S. The maximum Gasteiger partial charge on any atom is 0.152 e. The average molecular weight is 297 g/mol. The molecule has 1 saturated heterocycles. The lowest BCUT2D eigenvalue weighted by atomic mass is 10.1. The van der Waals surface area contributed by atoms with Gasteiger partial charge in [-0.3, -0.25) is 0 Å². The number of nitrogens with one attached hydrogen (secondary N) is 1. The number of imidazole rings is 1. The Bertz CT molecular complexity index is 604. The summed E-state index contributed by atoms with van der Waals surface area (Å²) in [5.74, 6) is 2.01. The topological polar surface area (TPSA) is 64.0 Å². The quantitative estimate of drug-likeness (QED) is 0.896. The van der Waals surface area contributed by atoms with Crippen LogP contribution < -0.4 is 5.32 Å². The third-order valence-corrected chi connectivity index (χ3v) is 6.08. The molecule has 3 rings (SSSR count). The smallest absolute Gasteiger partial charge is 0.152 e. The van der Waals surface area contributed by atoms with E-state index in [-0.39, 0.29) is 11.8 Å². The van der Waals surface area contributed by atoms with Gasteiger partial charge in [-0.2, -0.15) is 0 Å². The first-order valence-electron chi connectivity index (χ1n) is 7.49. The molecule has 5 nitrogen and oxygen atoms in total. The van der Waals surface area contributed by atoms with Gasteiger partial charge in [-0.15, -0.1) is 0 Å². The second kappa shape index (κ2) is 5.15. The molecule has 2 aliphatic heterocycles. The fraction of sp³-hybridized carbons (Fsp3) is 0.786. The molecule has 1 aromatic rings. The van der Waals surface area contributed by atoms with Gasteiger partial charge < -0.3 is 9.88 Å². The van der Waals surface area contributed by atoms with Gasteiger partial charge in [0.15, 0.2) is 9.84 Å². The van der Waals surface area contributed by atoms with Crippen LogP contribution >= 0.6 is 0 Å². The molecule has 1 aromatic heterocycles. The number of rotatable bonds is 2. The molecule has 1 N–H and O–H groups in total. The van der Waals surface area contributed by atoms with Crippen molar-refractivity contribution in [1.82, 2.24) is 14.9 Å². The van der Waals surface area contributed by atoms with Crippen molar-refractivity contribution in [3.63, 3.8) is 0 Å². The van der Waals surface area contributed by atoms with Crippen molar-refractivity contribution >= 4 is 9.84 Å². The molecule has 0 saturated carbocycles. The predicted molar refractivity (Wildman–Crippen MR) is 78.7 cm³/mol. The van der Waals surface area contributed by atoms with E-state index in [0.717, 1.165) is 43.9 Å². The van der Waals surface area contributed by atoms with Gasteiger partial charge in [-0.25, -0.2) is 13.4 Å². The molecule has 1 fully saturated rings. The lowest BCUT2D eigenvalue weighted by Gasteiger charge is -2.28. The molecule has 20 heavy (non-hydrogen) atoms. The molecule has 112 valence electrons. The fourth-order valence-corrected chi connectivity index (χ4v) is 5.05. The Kier molecular flexibility index (Phi) is 3.62. The van der Waals surface area contributed by atoms with Gasteiger partial charge in [0, 0.05) is 37.2 Å². The van der Waals surface area contributed by atoms with Crippen LogP contribution in [0.2, 0.25) is 0 Å². The first-order chi connectivity index (χ1) is 9.48. The largest absolute Gasteiger partial charge is 0.327 e. The van der Waals surface area contributed by atoms with Crippen LogP contribution in [0.3, 0.4) is 0 Å². The van der Waals surface area contributed by atoms with E-state index in [2.05, 4.69) is 23.7 Å². The van der Waals surface area contributed by atoms with Crippen LogP contribution in [-0.4, -0.2) is 36.0 Å². The van der Waals surface area contributed by atoms with Crippen molar-refractivity contribution in [2.24, 2.45) is 0 Å². The number of aromatic nitrogens is 2. The van der Waals surface area contributed by atoms with Crippen molar-refractivity contribution in [1.29, 1.82) is 0 Å². The Morgan fingerprint density at radius 1 is 1.40 bits per heavy atom. The first-order valence-corrected chi connectivity index (χ1v) is 9.31. The fourth-order valence-electron chi connectivity index (χ4n) is 3.37. The molecule has 0 aromatic carbocycles. The molecule has 0 bridgehead atoms. The summed E-state index contributed by atoms with van der Waals surface area (Å²) in [5.41, 5.74) is 2.37. The van der Waals surface area contributed by atoms with Gasteiger partial charge in [0.1, 0.15) is 5.82 Å². The van der Waals surface area contributed by atoms with E-state index < -0.39 is 9.84 Å². The maximum absolute atomic E-state index is 12.0. The van der Waals surface area contributed by atoms with E-state index in [0.29, 0.717) is 11.7 Å². The number of hydrogen-bond donors (Lipinski definition) is 1. The zero-order valence-corrected chi connectivity index (χ0v) is 13.0. The lowest BCUT2D eigenvalue weighted by Crippen LogP contribution is -2.31. The van der Waals surface area contributed by atoms with Gasteiger partial charge in [0.05, 0.1) is 17.2 Å². The van der Waals surface area contributed by atoms with Crippen molar-refractivity contribution < 1.29 is 8.42 Å². The van der Waals surface area contributed by atoms with E-state index in [1.54, 1.807) is 0 Å². The van der Waals surface area contributed by atoms with Crippen molar-refractivity contribution in [3.8, 4) is 0 Å². The van der Waals surface area contributed by atoms with Gasteiger partial charge in [-0.05, 0) is 12.8 Å². The van der Waals surface area contributed by atoms with Crippen LogP contribution in [0.5, 0.6) is 0 Å². The van der Waals surface area contributed by atoms with E-state index >= 15 is 0 Å². The minimum Gasteiger partial charge on any atom is -0.327 e. The number of sulfone groups is 1. The molecule has 0 aliphatic carbocycles. The van der Waals surface area contributed by atoms with Crippen molar-refractivity contribution in [2.75, 3.05) is 18.1 Å². The van der Waals surface area contributed by atoms with Crippen LogP contribution in [-0.2, 0) is 22.8 Å². The second-order valence-corrected chi connectivity index (χ2v) is 8.45. The summed E-state index contributed by atoms with van der Waals surface area (Å²) in [5, 5.41) is 3.35. The molecule has 3 heterocycles. The summed E-state index contributed by atoms with van der Waals surface area (Å²) in [7, 11) is -2.89. The summed E-state index contributed by atoms with van der Waals surface area (Å²) >= 11 is 0. The molecule has 0 radical (unpaired) electrons. The SMILES string of the molecule is CC(C)c1nc2c(n1C1CCCS(=O)(=O)C1)CCNC2.